The molecule has 0 bridgehead atoms. The van der Waals surface area contributed by atoms with Gasteiger partial charge in [0.2, 0.25) is 5.91 Å². The molecule has 2 amide bonds. The number of nitrogen functional groups attached to an aromatic ring is 1. The van der Waals surface area contributed by atoms with Crippen LogP contribution in [-0.4, -0.2) is 73.5 Å². The normalized spacial score (nSPS) is 17.9. The van der Waals surface area contributed by atoms with Crippen LogP contribution in [0.3, 0.4) is 0 Å². The number of nitrogens with one attached hydrogen (secondary N) is 3. The van der Waals surface area contributed by atoms with E-state index in [0.29, 0.717) is 68.7 Å². The van der Waals surface area contributed by atoms with E-state index in [1.165, 1.54) is 6.33 Å². The maximum atomic E-state index is 12.8. The van der Waals surface area contributed by atoms with Gasteiger partial charge in [0.25, 0.3) is 0 Å². The maximum Gasteiger partial charge on any atom is 0.300 e. The van der Waals surface area contributed by atoms with E-state index in [0.717, 1.165) is 5.82 Å². The molecule has 38 heavy (non-hydrogen) atoms. The number of hydrogen-bond donors (Lipinski definition) is 7. The number of piperidine rings is 1. The summed E-state index contributed by atoms with van der Waals surface area (Å²) in [6.07, 6.45) is 4.37. The summed E-state index contributed by atoms with van der Waals surface area (Å²) in [5.41, 5.74) is 22.6. The number of aliphatic imine (C=N–C) groups is 2. The summed E-state index contributed by atoms with van der Waals surface area (Å²) in [7, 11) is 0. The standard InChI is InChI=1S/C22H30ClN13O2/c1-11(24)14(33-16(23)17(25)26)20(38)34-21-28-9-22(35-21)5-7-36(8-6-22)13(37)4-2-3-12-31-15-18(27)29-10-30-19(15)32-12/h10H,1-9,24-26H2,(H2,28,34,35,38)(H3,27,29,30,31,32)/b33-14+. The average Bonchev–Trinajstić information content (AvgIpc) is 3.47. The highest BCUT2D eigenvalue weighted by molar-refractivity contribution is 6.47. The number of imidazole rings is 1. The van der Waals surface area contributed by atoms with Crippen LogP contribution in [0.4, 0.5) is 5.82 Å². The highest BCUT2D eigenvalue weighted by Crippen LogP contribution is 2.25. The van der Waals surface area contributed by atoms with Crippen LogP contribution in [0.1, 0.15) is 31.5 Å². The molecule has 0 unspecified atom stereocenters. The van der Waals surface area contributed by atoms with Gasteiger partial charge in [-0.1, -0.05) is 18.2 Å². The van der Waals surface area contributed by atoms with E-state index in [9.17, 15) is 9.59 Å². The third kappa shape index (κ3) is 5.94. The molecule has 15 nitrogen and oxygen atoms in total. The van der Waals surface area contributed by atoms with Crippen molar-refractivity contribution in [2.45, 2.75) is 37.6 Å². The molecule has 16 heteroatoms. The lowest BCUT2D eigenvalue weighted by Crippen LogP contribution is -2.53. The first kappa shape index (κ1) is 26.7. The second-order valence-corrected chi connectivity index (χ2v) is 9.49. The fourth-order valence-electron chi connectivity index (χ4n) is 4.30. The van der Waals surface area contributed by atoms with E-state index < -0.39 is 5.91 Å². The van der Waals surface area contributed by atoms with Gasteiger partial charge in [-0.05, 0) is 19.3 Å². The Labute approximate surface area is 222 Å². The number of aryl methyl sites for hydroxylation is 1. The van der Waals surface area contributed by atoms with E-state index >= 15 is 0 Å². The molecule has 11 N–H and O–H groups in total. The van der Waals surface area contributed by atoms with Gasteiger partial charge in [0.15, 0.2) is 28.3 Å². The molecule has 0 aliphatic carbocycles. The lowest BCUT2D eigenvalue weighted by Gasteiger charge is -2.38. The van der Waals surface area contributed by atoms with Crippen molar-refractivity contribution in [3.8, 4) is 0 Å². The first-order chi connectivity index (χ1) is 18.1. The summed E-state index contributed by atoms with van der Waals surface area (Å²) in [6.45, 7) is 5.23. The summed E-state index contributed by atoms with van der Waals surface area (Å²) < 4.78 is 0. The molecule has 2 aromatic rings. The summed E-state index contributed by atoms with van der Waals surface area (Å²) in [5.74, 6) is 0.377. The third-order valence-corrected chi connectivity index (χ3v) is 6.69. The number of nitrogens with zero attached hydrogens (tertiary/aromatic N) is 6. The number of fused-ring (bicyclic) bond motifs is 1. The highest BCUT2D eigenvalue weighted by Gasteiger charge is 2.40. The maximum absolute atomic E-state index is 12.8. The molecule has 2 saturated heterocycles. The smallest absolute Gasteiger partial charge is 0.300 e. The molecule has 2 aliphatic heterocycles. The molecule has 1 spiro atoms. The predicted octanol–water partition coefficient (Wildman–Crippen LogP) is -1.11. The van der Waals surface area contributed by atoms with Crippen LogP contribution in [0.15, 0.2) is 39.6 Å². The molecule has 202 valence electrons. The van der Waals surface area contributed by atoms with Gasteiger partial charge in [-0.2, -0.15) is 4.99 Å². The number of anilines is 1. The van der Waals surface area contributed by atoms with Crippen molar-refractivity contribution in [2.75, 3.05) is 25.4 Å². The SMILES string of the molecule is C=C(N)/C(=N\C(Cl)=C(N)N)C(=O)/N=C1\NCC2(CCN(C(=O)CCCc3nc4c(N)ncnc4[nH]3)CC2)N1. The van der Waals surface area contributed by atoms with Gasteiger partial charge < -0.3 is 43.5 Å². The van der Waals surface area contributed by atoms with E-state index in [2.05, 4.69) is 47.1 Å². The van der Waals surface area contributed by atoms with Crippen molar-refractivity contribution < 1.29 is 9.59 Å². The minimum atomic E-state index is -0.754. The number of likely N-dealkylation sites (tertiary alicyclic amines) is 1. The Morgan fingerprint density at radius 1 is 1.21 bits per heavy atom. The van der Waals surface area contributed by atoms with Crippen molar-refractivity contribution in [1.29, 1.82) is 0 Å². The molecule has 0 atom stereocenters. The minimum Gasteiger partial charge on any atom is -0.397 e. The van der Waals surface area contributed by atoms with E-state index in [1.807, 2.05) is 4.90 Å². The van der Waals surface area contributed by atoms with Crippen molar-refractivity contribution in [3.63, 3.8) is 0 Å². The molecule has 0 aromatic carbocycles. The van der Waals surface area contributed by atoms with E-state index in [4.69, 9.17) is 34.5 Å². The number of halogens is 1. The first-order valence-electron chi connectivity index (χ1n) is 11.9. The monoisotopic (exact) mass is 543 g/mol. The van der Waals surface area contributed by atoms with E-state index in [-0.39, 0.29) is 39.8 Å². The summed E-state index contributed by atoms with van der Waals surface area (Å²) in [6, 6.07) is 0. The van der Waals surface area contributed by atoms with Gasteiger partial charge in [-0.25, -0.2) is 19.9 Å². The molecule has 0 saturated carbocycles. The quantitative estimate of drug-likeness (QED) is 0.163. The van der Waals surface area contributed by atoms with Crippen molar-refractivity contribution in [1.82, 2.24) is 35.5 Å². The Morgan fingerprint density at radius 3 is 2.61 bits per heavy atom. The lowest BCUT2D eigenvalue weighted by atomic mass is 9.88. The van der Waals surface area contributed by atoms with Crippen LogP contribution in [0.2, 0.25) is 0 Å². The number of nitrogens with two attached hydrogens (primary N) is 4. The van der Waals surface area contributed by atoms with Crippen molar-refractivity contribution in [3.05, 3.63) is 35.4 Å². The number of carbonyl (C=O) groups is 2. The Balaban J connectivity index is 1.28. The molecule has 2 fully saturated rings. The summed E-state index contributed by atoms with van der Waals surface area (Å²) in [4.78, 5) is 50.7. The first-order valence-corrected chi connectivity index (χ1v) is 12.3. The van der Waals surface area contributed by atoms with Crippen LogP contribution in [-0.2, 0) is 16.0 Å². The van der Waals surface area contributed by atoms with Crippen LogP contribution in [0.5, 0.6) is 0 Å². The predicted molar refractivity (Wildman–Crippen MR) is 143 cm³/mol. The second-order valence-electron chi connectivity index (χ2n) is 9.13. The van der Waals surface area contributed by atoms with Gasteiger partial charge in [0.1, 0.15) is 23.5 Å². The van der Waals surface area contributed by atoms with Gasteiger partial charge in [0.05, 0.1) is 11.2 Å². The van der Waals surface area contributed by atoms with Gasteiger partial charge in [-0.3, -0.25) is 9.59 Å². The fraction of sp³-hybridized carbons (Fsp3) is 0.409. The van der Waals surface area contributed by atoms with Crippen molar-refractivity contribution >= 4 is 52.1 Å². The molecule has 2 aliphatic rings. The highest BCUT2D eigenvalue weighted by atomic mass is 35.5. The largest absolute Gasteiger partial charge is 0.397 e. The number of carbonyl (C=O) groups excluding carboxylic acids is 2. The summed E-state index contributed by atoms with van der Waals surface area (Å²) in [5, 5.41) is 6.09. The lowest BCUT2D eigenvalue weighted by molar-refractivity contribution is -0.132. The Morgan fingerprint density at radius 2 is 1.95 bits per heavy atom. The Bertz CT molecular complexity index is 1350. The molecular formula is C22H30ClN13O2. The number of amides is 2. The van der Waals surface area contributed by atoms with Crippen LogP contribution < -0.4 is 33.6 Å². The number of guanidine groups is 1. The molecule has 2 aromatic heterocycles. The zero-order valence-electron chi connectivity index (χ0n) is 20.6. The van der Waals surface area contributed by atoms with Crippen LogP contribution in [0, 0.1) is 0 Å². The summed E-state index contributed by atoms with van der Waals surface area (Å²) >= 11 is 5.82. The number of hydrogen-bond acceptors (Lipinski definition) is 10. The zero-order chi connectivity index (χ0) is 27.4. The molecule has 4 rings (SSSR count). The van der Waals surface area contributed by atoms with Gasteiger partial charge in [0, 0.05) is 32.5 Å². The minimum absolute atomic E-state index is 0.0803. The van der Waals surface area contributed by atoms with Crippen LogP contribution in [0.25, 0.3) is 11.2 Å². The third-order valence-electron chi connectivity index (χ3n) is 6.38. The van der Waals surface area contributed by atoms with Gasteiger partial charge >= 0.3 is 5.91 Å². The molecular weight excluding hydrogens is 514 g/mol. The van der Waals surface area contributed by atoms with Gasteiger partial charge in [-0.15, -0.1) is 0 Å². The Hall–Kier alpha value is -4.40. The number of aromatic nitrogens is 4. The zero-order valence-corrected chi connectivity index (χ0v) is 21.4. The number of rotatable bonds is 7. The number of aromatic amines is 1. The fourth-order valence-corrected chi connectivity index (χ4v) is 4.38. The molecule has 4 heterocycles. The topological polar surface area (TPSA) is 245 Å². The molecule has 0 radical (unpaired) electrons. The Kier molecular flexibility index (Phi) is 7.66. The van der Waals surface area contributed by atoms with Crippen LogP contribution >= 0.6 is 11.6 Å². The number of H-pyrrole nitrogens is 1. The van der Waals surface area contributed by atoms with Crippen molar-refractivity contribution in [2.24, 2.45) is 27.2 Å². The average molecular weight is 544 g/mol. The van der Waals surface area contributed by atoms with E-state index in [1.54, 1.807) is 0 Å². The second kappa shape index (κ2) is 10.9.